The number of nitrogen functional groups attached to an aromatic ring is 2. The van der Waals surface area contributed by atoms with E-state index in [1.165, 1.54) is 24.3 Å². The molecule has 2 saturated heterocycles. The van der Waals surface area contributed by atoms with Crippen molar-refractivity contribution in [3.05, 3.63) is 29.3 Å². The number of nitrogens with two attached hydrogens (primary N) is 2. The molecule has 11 atom stereocenters. The van der Waals surface area contributed by atoms with Gasteiger partial charge in [0.2, 0.25) is 5.95 Å². The first kappa shape index (κ1) is 37.8. The molecule has 0 amide bonds. The summed E-state index contributed by atoms with van der Waals surface area (Å²) in [6.07, 6.45) is -0.681. The number of fused-ring (bicyclic) bond motifs is 7. The van der Waals surface area contributed by atoms with Gasteiger partial charge in [0.1, 0.15) is 30.2 Å². The van der Waals surface area contributed by atoms with Gasteiger partial charge in [0, 0.05) is 13.0 Å². The molecule has 4 fully saturated rings. The number of ether oxygens (including phenoxy) is 2. The molecule has 4 aromatic heterocycles. The molecule has 2 aliphatic heterocycles. The summed E-state index contributed by atoms with van der Waals surface area (Å²) in [7, 11) is -11.1. The van der Waals surface area contributed by atoms with E-state index in [-0.39, 0.29) is 28.0 Å². The second-order valence-electron chi connectivity index (χ2n) is 15.9. The van der Waals surface area contributed by atoms with Crippen LogP contribution in [0.5, 0.6) is 0 Å². The zero-order chi connectivity index (χ0) is 38.7. The van der Waals surface area contributed by atoms with Crippen LogP contribution >= 0.6 is 15.4 Å². The van der Waals surface area contributed by atoms with Gasteiger partial charge in [-0.1, -0.05) is 20.8 Å². The minimum absolute atomic E-state index is 0.00219. The van der Waals surface area contributed by atoms with Crippen LogP contribution in [-0.2, 0) is 42.1 Å². The first-order valence-electron chi connectivity index (χ1n) is 17.4. The van der Waals surface area contributed by atoms with E-state index in [1.54, 1.807) is 6.33 Å². The molecule has 0 spiro atoms. The summed E-state index contributed by atoms with van der Waals surface area (Å²) in [6, 6.07) is 0. The largest absolute Gasteiger partial charge is 0.472 e. The maximum atomic E-state index is 15.0. The molecule has 4 aliphatic rings. The molecular weight excluding hydrogens is 766 g/mol. The number of aromatic amines is 1. The van der Waals surface area contributed by atoms with Crippen molar-refractivity contribution in [1.82, 2.24) is 39.0 Å². The molecule has 54 heavy (non-hydrogen) atoms. The van der Waals surface area contributed by atoms with Gasteiger partial charge >= 0.3 is 15.4 Å². The van der Waals surface area contributed by atoms with Gasteiger partial charge in [0.15, 0.2) is 37.2 Å². The average Bonchev–Trinajstić information content (AvgIpc) is 3.80. The molecule has 7 N–H and O–H groups in total. The molecule has 2 aliphatic carbocycles. The molecule has 2 saturated carbocycles. The Hall–Kier alpha value is -3.14. The number of phosphoric acid groups is 1. The van der Waals surface area contributed by atoms with Crippen molar-refractivity contribution in [2.45, 2.75) is 93.6 Å². The number of aromatic nitrogens is 8. The van der Waals surface area contributed by atoms with E-state index in [0.717, 1.165) is 0 Å². The standard InChI is InChI=1S/C30H44N10O11P2Si/c1-29(2,3)54(5,6)51-22-21-14(15-7-8-30(15,22)40-13-36-17-23(31)33-11-34-24(17)40)9-48-53(44,45)50-20-19(46-4)16(10-47-52(21,42)43)49-27(20)39-12-35-18-25(39)37-28(32)38-26(18)41/h11-16,19-22,27H,7-10H2,1-6H3,(H,42,43)(H,44,45)(H2,31,33,34)(H3,32,37,38,41)/t14-,15-,16+,19+,20+,21+,22?,27+,30?/m0/s1. The zero-order valence-electron chi connectivity index (χ0n) is 30.4. The Morgan fingerprint density at radius 3 is 2.48 bits per heavy atom. The monoisotopic (exact) mass is 810 g/mol. The molecule has 0 radical (unpaired) electrons. The third-order valence-corrected chi connectivity index (χ3v) is 19.4. The van der Waals surface area contributed by atoms with E-state index < -0.39 is 96.2 Å². The second-order valence-corrected chi connectivity index (χ2v) is 24.0. The second kappa shape index (κ2) is 12.7. The van der Waals surface area contributed by atoms with Crippen molar-refractivity contribution in [1.29, 1.82) is 0 Å². The van der Waals surface area contributed by atoms with Crippen molar-refractivity contribution in [3.8, 4) is 0 Å². The number of phosphoric ester groups is 1. The molecular formula is C30H44N10O11P2Si. The van der Waals surface area contributed by atoms with Crippen molar-refractivity contribution >= 4 is 57.8 Å². The van der Waals surface area contributed by atoms with Crippen LogP contribution in [0.4, 0.5) is 11.8 Å². The number of H-pyrrole nitrogens is 1. The number of nitrogens with zero attached hydrogens (tertiary/aromatic N) is 7. The third kappa shape index (κ3) is 5.72. The van der Waals surface area contributed by atoms with E-state index in [0.29, 0.717) is 24.0 Å². The summed E-state index contributed by atoms with van der Waals surface area (Å²) in [5.74, 6) is -1.29. The molecule has 8 rings (SSSR count). The lowest BCUT2D eigenvalue weighted by Gasteiger charge is -2.53. The Morgan fingerprint density at radius 2 is 1.80 bits per heavy atom. The molecule has 21 nitrogen and oxygen atoms in total. The van der Waals surface area contributed by atoms with E-state index in [2.05, 4.69) is 50.7 Å². The van der Waals surface area contributed by atoms with E-state index in [4.69, 9.17) is 38.9 Å². The van der Waals surface area contributed by atoms with E-state index in [9.17, 15) is 23.7 Å². The summed E-state index contributed by atoms with van der Waals surface area (Å²) in [5.41, 5.74) is 9.85. The van der Waals surface area contributed by atoms with Gasteiger partial charge in [-0.05, 0) is 36.9 Å². The fourth-order valence-corrected chi connectivity index (χ4v) is 12.8. The number of imidazole rings is 2. The van der Waals surface area contributed by atoms with Gasteiger partial charge in [0.25, 0.3) is 5.56 Å². The Bertz CT molecular complexity index is 2280. The fourth-order valence-electron chi connectivity index (χ4n) is 8.41. The lowest BCUT2D eigenvalue weighted by molar-refractivity contribution is -0.0522. The van der Waals surface area contributed by atoms with Crippen LogP contribution in [0.25, 0.3) is 22.3 Å². The van der Waals surface area contributed by atoms with Crippen LogP contribution in [0, 0.1) is 11.8 Å². The Balaban J connectivity index is 1.23. The molecule has 0 aromatic carbocycles. The summed E-state index contributed by atoms with van der Waals surface area (Å²) < 4.78 is 69.0. The van der Waals surface area contributed by atoms with Crippen LogP contribution in [0.15, 0.2) is 23.8 Å². The minimum Gasteiger partial charge on any atom is -0.411 e. The average molecular weight is 811 g/mol. The van der Waals surface area contributed by atoms with Gasteiger partial charge in [0.05, 0.1) is 43.2 Å². The smallest absolute Gasteiger partial charge is 0.411 e. The topological polar surface area (TPSA) is 289 Å². The van der Waals surface area contributed by atoms with Gasteiger partial charge in [-0.3, -0.25) is 28.0 Å². The van der Waals surface area contributed by atoms with E-state index in [1.807, 2.05) is 17.7 Å². The SMILES string of the molecule is CO[C@H]1[C@H]2OP(=O)(O)OC[C@H]3[C@@H]4CCC4(n4cnc5c(N)ncnc54)C(O[Si](C)(C)C(C)(C)C)[C@@H]3P(=O)(O)OC[C@H]1O[C@H]2n1cnc2c(=O)[nH]c(N)nc21. The molecule has 2 bridgehead atoms. The molecule has 4 aromatic rings. The highest BCUT2D eigenvalue weighted by molar-refractivity contribution is 7.53. The first-order valence-corrected chi connectivity index (χ1v) is 23.5. The predicted octanol–water partition coefficient (Wildman–Crippen LogP) is 2.25. The maximum Gasteiger partial charge on any atom is 0.472 e. The van der Waals surface area contributed by atoms with Crippen LogP contribution in [0.2, 0.25) is 18.1 Å². The van der Waals surface area contributed by atoms with Gasteiger partial charge in [-0.25, -0.2) is 24.5 Å². The number of hydrogen-bond donors (Lipinski definition) is 5. The minimum atomic E-state index is -4.99. The van der Waals surface area contributed by atoms with Crippen LogP contribution in [0.3, 0.4) is 0 Å². The highest BCUT2D eigenvalue weighted by atomic mass is 31.2. The van der Waals surface area contributed by atoms with Crippen molar-refractivity contribution in [2.24, 2.45) is 11.8 Å². The molecule has 294 valence electrons. The highest BCUT2D eigenvalue weighted by Crippen LogP contribution is 2.70. The molecule has 24 heteroatoms. The molecule has 4 unspecified atom stereocenters. The van der Waals surface area contributed by atoms with Crippen molar-refractivity contribution in [2.75, 3.05) is 31.8 Å². The normalized spacial score (nSPS) is 37.4. The van der Waals surface area contributed by atoms with Gasteiger partial charge in [-0.2, -0.15) is 4.98 Å². The Morgan fingerprint density at radius 1 is 1.06 bits per heavy atom. The number of hydrogen-bond acceptors (Lipinski definition) is 16. The number of nitrogens with one attached hydrogen (secondary N) is 1. The quantitative estimate of drug-likeness (QED) is 0.143. The third-order valence-electron chi connectivity index (χ3n) is 12.1. The zero-order valence-corrected chi connectivity index (χ0v) is 33.2. The number of anilines is 2. The van der Waals surface area contributed by atoms with Crippen LogP contribution in [-0.4, -0.2) is 108 Å². The van der Waals surface area contributed by atoms with Crippen molar-refractivity contribution in [3.63, 3.8) is 0 Å². The Labute approximate surface area is 309 Å². The van der Waals surface area contributed by atoms with Crippen LogP contribution in [0.1, 0.15) is 39.8 Å². The maximum absolute atomic E-state index is 15.0. The lowest BCUT2D eigenvalue weighted by atomic mass is 9.65. The fraction of sp³-hybridized carbons (Fsp3) is 0.667. The summed E-state index contributed by atoms with van der Waals surface area (Å²) >= 11 is 0. The summed E-state index contributed by atoms with van der Waals surface area (Å²) in [5, 5.41) is -0.318. The number of rotatable bonds is 5. The first-order chi connectivity index (χ1) is 25.3. The number of methoxy groups -OCH3 is 1. The van der Waals surface area contributed by atoms with E-state index >= 15 is 0 Å². The Kier molecular flexibility index (Phi) is 8.87. The summed E-state index contributed by atoms with van der Waals surface area (Å²) in [6.45, 7) is 9.32. The molecule has 6 heterocycles. The highest BCUT2D eigenvalue weighted by Gasteiger charge is 2.72. The van der Waals surface area contributed by atoms with Crippen molar-refractivity contribution < 1.29 is 46.4 Å². The van der Waals surface area contributed by atoms with Gasteiger partial charge in [-0.15, -0.1) is 0 Å². The predicted molar refractivity (Wildman–Crippen MR) is 193 cm³/mol. The van der Waals surface area contributed by atoms with Crippen LogP contribution < -0.4 is 17.0 Å². The summed E-state index contributed by atoms with van der Waals surface area (Å²) in [4.78, 5) is 59.9. The lowest BCUT2D eigenvalue weighted by Crippen LogP contribution is -2.59. The van der Waals surface area contributed by atoms with Gasteiger partial charge < -0.3 is 44.2 Å².